The summed E-state index contributed by atoms with van der Waals surface area (Å²) in [5.41, 5.74) is 0. The van der Waals surface area contributed by atoms with Crippen LogP contribution < -0.4 is 24.0 Å². The normalized spacial score (nSPS) is 41.4. The van der Waals surface area contributed by atoms with Crippen LogP contribution in [0.2, 0.25) is 0 Å². The molecule has 2 aliphatic rings. The predicted molar refractivity (Wildman–Crippen MR) is 38.1 cm³/mol. The quantitative estimate of drug-likeness (QED) is 0.355. The summed E-state index contributed by atoms with van der Waals surface area (Å²) in [6.07, 6.45) is 4.54. The summed E-state index contributed by atoms with van der Waals surface area (Å²) in [6.45, 7) is 1.45. The van der Waals surface area contributed by atoms with E-state index in [0.29, 0.717) is 0 Å². The van der Waals surface area contributed by atoms with Gasteiger partial charge in [0.15, 0.2) is 0 Å². The maximum absolute atomic E-state index is 2.38. The zero-order chi connectivity index (χ0) is 6.48. The fraction of sp³-hybridized carbons (Fsp3) is 1.00. The van der Waals surface area contributed by atoms with Crippen LogP contribution in [-0.2, 0) is 0 Å². The molecule has 1 saturated heterocycles. The van der Waals surface area contributed by atoms with Gasteiger partial charge in [0.25, 0.3) is 0 Å². The molecule has 2 heteroatoms. The Morgan fingerprint density at radius 3 is 2.10 bits per heavy atom. The van der Waals surface area contributed by atoms with Crippen molar-refractivity contribution in [1.29, 1.82) is 0 Å². The van der Waals surface area contributed by atoms with Gasteiger partial charge in [0.1, 0.15) is 0 Å². The Kier molecular flexibility index (Phi) is 2.31. The molecule has 2 fully saturated rings. The van der Waals surface area contributed by atoms with E-state index in [0.717, 1.165) is 12.0 Å². The molecule has 0 aromatic rings. The Morgan fingerprint density at radius 2 is 1.90 bits per heavy atom. The fourth-order valence-electron chi connectivity index (χ4n) is 2.66. The molecular formula is C8H16IN. The summed E-state index contributed by atoms with van der Waals surface area (Å²) in [4.78, 5) is 0. The largest absolute Gasteiger partial charge is 1.00 e. The number of hydrogen-bond donors (Lipinski definition) is 0. The van der Waals surface area contributed by atoms with Crippen molar-refractivity contribution in [3.63, 3.8) is 0 Å². The molecule has 0 N–H and O–H groups in total. The van der Waals surface area contributed by atoms with Crippen LogP contribution >= 0.6 is 0 Å². The first kappa shape index (κ1) is 8.78. The van der Waals surface area contributed by atoms with Crippen LogP contribution in [-0.4, -0.2) is 31.2 Å². The predicted octanol–water partition coefficient (Wildman–Crippen LogP) is -1.75. The van der Waals surface area contributed by atoms with Crippen molar-refractivity contribution < 1.29 is 28.5 Å². The van der Waals surface area contributed by atoms with Crippen molar-refractivity contribution in [2.75, 3.05) is 20.6 Å². The lowest BCUT2D eigenvalue weighted by Gasteiger charge is -2.33. The van der Waals surface area contributed by atoms with E-state index >= 15 is 0 Å². The highest BCUT2D eigenvalue weighted by molar-refractivity contribution is 4.82. The van der Waals surface area contributed by atoms with Gasteiger partial charge in [-0.1, -0.05) is 0 Å². The highest BCUT2D eigenvalue weighted by Gasteiger charge is 2.45. The van der Waals surface area contributed by atoms with Crippen LogP contribution in [0, 0.1) is 5.92 Å². The molecule has 0 spiro atoms. The van der Waals surface area contributed by atoms with Crippen molar-refractivity contribution in [2.24, 2.45) is 5.92 Å². The molecule has 2 bridgehead atoms. The lowest BCUT2D eigenvalue weighted by atomic mass is 10.1. The summed E-state index contributed by atoms with van der Waals surface area (Å²) < 4.78 is 1.31. The van der Waals surface area contributed by atoms with E-state index in [1.807, 2.05) is 0 Å². The van der Waals surface area contributed by atoms with Crippen LogP contribution in [0.4, 0.5) is 0 Å². The van der Waals surface area contributed by atoms with E-state index in [9.17, 15) is 0 Å². The summed E-state index contributed by atoms with van der Waals surface area (Å²) in [5, 5.41) is 0. The molecule has 1 aliphatic heterocycles. The third-order valence-electron chi connectivity index (χ3n) is 3.23. The highest BCUT2D eigenvalue weighted by Crippen LogP contribution is 2.40. The second-order valence-electron chi connectivity index (χ2n) is 4.29. The third-order valence-corrected chi connectivity index (χ3v) is 3.23. The van der Waals surface area contributed by atoms with Gasteiger partial charge >= 0.3 is 0 Å². The Bertz CT molecular complexity index is 133. The molecule has 0 amide bonds. The molecule has 2 rings (SSSR count). The van der Waals surface area contributed by atoms with E-state index in [1.165, 1.54) is 30.3 Å². The molecule has 0 radical (unpaired) electrons. The van der Waals surface area contributed by atoms with Crippen LogP contribution in [0.5, 0.6) is 0 Å². The van der Waals surface area contributed by atoms with E-state index in [-0.39, 0.29) is 24.0 Å². The average Bonchev–Trinajstić information content (AvgIpc) is 2.19. The van der Waals surface area contributed by atoms with Crippen LogP contribution in [0.25, 0.3) is 0 Å². The standard InChI is InChI=1S/C8H16N.HI/c1-9(2)6-7-3-4-8(9)5-7;/h7-8H,3-6H2,1-2H3;1H/q+1;/p-1. The second-order valence-corrected chi connectivity index (χ2v) is 4.29. The van der Waals surface area contributed by atoms with Gasteiger partial charge in [0.2, 0.25) is 0 Å². The van der Waals surface area contributed by atoms with E-state index in [2.05, 4.69) is 14.1 Å². The van der Waals surface area contributed by atoms with Gasteiger partial charge in [-0.05, 0) is 12.8 Å². The maximum Gasteiger partial charge on any atom is 0.0891 e. The third kappa shape index (κ3) is 1.20. The first-order valence-corrected chi connectivity index (χ1v) is 4.01. The summed E-state index contributed by atoms with van der Waals surface area (Å²) >= 11 is 0. The second kappa shape index (κ2) is 2.63. The van der Waals surface area contributed by atoms with Gasteiger partial charge in [-0.3, -0.25) is 0 Å². The zero-order valence-corrected chi connectivity index (χ0v) is 8.97. The molecular weight excluding hydrogens is 237 g/mol. The number of likely N-dealkylation sites (tertiary alicyclic amines) is 1. The van der Waals surface area contributed by atoms with Gasteiger partial charge < -0.3 is 28.5 Å². The van der Waals surface area contributed by atoms with E-state index < -0.39 is 0 Å². The number of quaternary nitrogens is 1. The molecule has 60 valence electrons. The minimum absolute atomic E-state index is 0. The highest BCUT2D eigenvalue weighted by atomic mass is 127. The van der Waals surface area contributed by atoms with Gasteiger partial charge in [-0.15, -0.1) is 0 Å². The number of nitrogens with zero attached hydrogens (tertiary/aromatic N) is 1. The molecule has 0 aromatic carbocycles. The lowest BCUT2D eigenvalue weighted by molar-refractivity contribution is -0.907. The van der Waals surface area contributed by atoms with Gasteiger partial charge in [-0.25, -0.2) is 0 Å². The Labute approximate surface area is 80.4 Å². The van der Waals surface area contributed by atoms with Crippen molar-refractivity contribution in [3.8, 4) is 0 Å². The summed E-state index contributed by atoms with van der Waals surface area (Å²) in [7, 11) is 4.76. The van der Waals surface area contributed by atoms with E-state index in [4.69, 9.17) is 0 Å². The maximum atomic E-state index is 2.38. The SMILES string of the molecule is C[N+]1(C)CC2CCC1C2.[I-]. The Morgan fingerprint density at radius 1 is 1.20 bits per heavy atom. The van der Waals surface area contributed by atoms with Crippen molar-refractivity contribution in [2.45, 2.75) is 25.3 Å². The summed E-state index contributed by atoms with van der Waals surface area (Å²) in [5.74, 6) is 1.09. The zero-order valence-electron chi connectivity index (χ0n) is 6.81. The minimum atomic E-state index is 0. The van der Waals surface area contributed by atoms with Crippen molar-refractivity contribution in [3.05, 3.63) is 0 Å². The fourth-order valence-corrected chi connectivity index (χ4v) is 2.66. The van der Waals surface area contributed by atoms with Crippen molar-refractivity contribution >= 4 is 0 Å². The molecule has 2 unspecified atom stereocenters. The smallest absolute Gasteiger partial charge is 0.0891 e. The number of piperidine rings is 1. The topological polar surface area (TPSA) is 0 Å². The molecule has 1 nitrogen and oxygen atoms in total. The Balaban J connectivity index is 0.000000500. The van der Waals surface area contributed by atoms with Crippen LogP contribution in [0.3, 0.4) is 0 Å². The first-order valence-electron chi connectivity index (χ1n) is 4.01. The van der Waals surface area contributed by atoms with Crippen LogP contribution in [0.15, 0.2) is 0 Å². The van der Waals surface area contributed by atoms with Crippen LogP contribution in [0.1, 0.15) is 19.3 Å². The van der Waals surface area contributed by atoms with Gasteiger partial charge in [0, 0.05) is 12.3 Å². The van der Waals surface area contributed by atoms with Gasteiger partial charge in [0.05, 0.1) is 26.7 Å². The molecule has 1 aliphatic carbocycles. The Hall–Kier alpha value is 0.690. The average molecular weight is 253 g/mol. The van der Waals surface area contributed by atoms with Crippen molar-refractivity contribution in [1.82, 2.24) is 0 Å². The number of fused-ring (bicyclic) bond motifs is 2. The molecule has 1 saturated carbocycles. The molecule has 10 heavy (non-hydrogen) atoms. The van der Waals surface area contributed by atoms with Gasteiger partial charge in [-0.2, -0.15) is 0 Å². The first-order chi connectivity index (χ1) is 4.18. The van der Waals surface area contributed by atoms with E-state index in [1.54, 1.807) is 0 Å². The number of halogens is 1. The molecule has 1 heterocycles. The monoisotopic (exact) mass is 253 g/mol. The number of rotatable bonds is 0. The lowest BCUT2D eigenvalue weighted by Crippen LogP contribution is -3.00. The minimum Gasteiger partial charge on any atom is -1.00 e. The molecule has 2 atom stereocenters. The molecule has 0 aromatic heterocycles. The number of hydrogen-bond acceptors (Lipinski definition) is 0. The summed E-state index contributed by atoms with van der Waals surface area (Å²) in [6, 6.07) is 1.02.